The molecule has 0 radical (unpaired) electrons. The molecule has 28 heavy (non-hydrogen) atoms. The zero-order valence-electron chi connectivity index (χ0n) is 15.0. The second kappa shape index (κ2) is 9.52. The van der Waals surface area contributed by atoms with Crippen molar-refractivity contribution in [1.29, 1.82) is 0 Å². The van der Waals surface area contributed by atoms with Crippen molar-refractivity contribution >= 4 is 45.2 Å². The zero-order valence-corrected chi connectivity index (χ0v) is 17.4. The zero-order chi connectivity index (χ0) is 19.9. The largest absolute Gasteiger partial charge is 0.343 e. The van der Waals surface area contributed by atoms with Gasteiger partial charge in [0.25, 0.3) is 5.91 Å². The van der Waals surface area contributed by atoms with E-state index in [2.05, 4.69) is 41.7 Å². The highest BCUT2D eigenvalue weighted by molar-refractivity contribution is 9.10. The van der Waals surface area contributed by atoms with Crippen LogP contribution in [0.2, 0.25) is 0 Å². The van der Waals surface area contributed by atoms with E-state index in [0.717, 1.165) is 26.4 Å². The number of nitrogens with one attached hydrogen (secondary N) is 3. The third-order valence-electron chi connectivity index (χ3n) is 3.86. The van der Waals surface area contributed by atoms with Crippen LogP contribution in [0.15, 0.2) is 58.4 Å². The van der Waals surface area contributed by atoms with E-state index in [0.29, 0.717) is 11.3 Å². The van der Waals surface area contributed by atoms with Crippen LogP contribution in [-0.4, -0.2) is 33.5 Å². The Balaban J connectivity index is 1.48. The molecule has 3 N–H and O–H groups in total. The minimum absolute atomic E-state index is 0.0998. The van der Waals surface area contributed by atoms with E-state index in [-0.39, 0.29) is 18.4 Å². The van der Waals surface area contributed by atoms with E-state index in [9.17, 15) is 9.59 Å². The maximum absolute atomic E-state index is 12.2. The lowest BCUT2D eigenvalue weighted by atomic mass is 10.1. The van der Waals surface area contributed by atoms with Crippen LogP contribution in [-0.2, 0) is 10.5 Å². The SMILES string of the molecule is Cc1cc(Br)ccc1NC(=O)CNC(=O)c1ccc(CSc2ncn[nH]2)cc1. The number of hydrogen-bond acceptors (Lipinski definition) is 5. The van der Waals surface area contributed by atoms with E-state index >= 15 is 0 Å². The minimum atomic E-state index is -0.294. The number of hydrogen-bond donors (Lipinski definition) is 3. The molecule has 3 aromatic rings. The van der Waals surface area contributed by atoms with Crippen molar-refractivity contribution in [2.75, 3.05) is 11.9 Å². The molecule has 0 saturated carbocycles. The molecule has 2 aromatic carbocycles. The molecule has 0 aliphatic carbocycles. The van der Waals surface area contributed by atoms with Crippen LogP contribution >= 0.6 is 27.7 Å². The molecule has 9 heteroatoms. The van der Waals surface area contributed by atoms with Gasteiger partial charge >= 0.3 is 0 Å². The summed E-state index contributed by atoms with van der Waals surface area (Å²) in [5.41, 5.74) is 3.21. The Labute approximate surface area is 174 Å². The molecule has 0 aliphatic heterocycles. The number of aryl methyl sites for hydroxylation is 1. The van der Waals surface area contributed by atoms with Crippen LogP contribution in [0.25, 0.3) is 0 Å². The molecular formula is C19H18BrN5O2S. The second-order valence-corrected chi connectivity index (χ2v) is 7.85. The summed E-state index contributed by atoms with van der Waals surface area (Å²) in [4.78, 5) is 28.4. The number of aromatic amines is 1. The smallest absolute Gasteiger partial charge is 0.251 e. The van der Waals surface area contributed by atoms with Gasteiger partial charge in [-0.1, -0.05) is 39.8 Å². The Morgan fingerprint density at radius 3 is 2.64 bits per heavy atom. The van der Waals surface area contributed by atoms with Crippen LogP contribution in [0.4, 0.5) is 5.69 Å². The molecule has 0 atom stereocenters. The van der Waals surface area contributed by atoms with Crippen LogP contribution in [0.5, 0.6) is 0 Å². The molecule has 0 spiro atoms. The van der Waals surface area contributed by atoms with Crippen molar-refractivity contribution in [2.24, 2.45) is 0 Å². The van der Waals surface area contributed by atoms with Gasteiger partial charge in [0, 0.05) is 21.5 Å². The lowest BCUT2D eigenvalue weighted by Crippen LogP contribution is -2.33. The van der Waals surface area contributed by atoms with E-state index in [4.69, 9.17) is 0 Å². The van der Waals surface area contributed by atoms with Gasteiger partial charge in [-0.05, 0) is 48.4 Å². The molecule has 7 nitrogen and oxygen atoms in total. The Bertz CT molecular complexity index is 961. The van der Waals surface area contributed by atoms with E-state index in [1.807, 2.05) is 37.3 Å². The summed E-state index contributed by atoms with van der Waals surface area (Å²) in [5.74, 6) is 0.141. The summed E-state index contributed by atoms with van der Waals surface area (Å²) in [6.45, 7) is 1.80. The van der Waals surface area contributed by atoms with Crippen molar-refractivity contribution in [3.63, 3.8) is 0 Å². The van der Waals surface area contributed by atoms with Gasteiger partial charge in [-0.15, -0.1) is 0 Å². The fourth-order valence-electron chi connectivity index (χ4n) is 2.39. The molecule has 2 amide bonds. The average molecular weight is 460 g/mol. The van der Waals surface area contributed by atoms with Crippen molar-refractivity contribution in [3.05, 3.63) is 70.0 Å². The number of benzene rings is 2. The molecule has 0 aliphatic rings. The molecule has 3 rings (SSSR count). The first kappa shape index (κ1) is 20.1. The van der Waals surface area contributed by atoms with Gasteiger partial charge in [0.1, 0.15) is 6.33 Å². The average Bonchev–Trinajstić information content (AvgIpc) is 3.21. The quantitative estimate of drug-likeness (QED) is 0.469. The Kier molecular flexibility index (Phi) is 6.83. The first-order chi connectivity index (χ1) is 13.5. The third-order valence-corrected chi connectivity index (χ3v) is 5.30. The first-order valence-corrected chi connectivity index (χ1v) is 10.2. The van der Waals surface area contributed by atoms with E-state index < -0.39 is 0 Å². The van der Waals surface area contributed by atoms with Crippen LogP contribution in [0, 0.1) is 6.92 Å². The number of anilines is 1. The Morgan fingerprint density at radius 2 is 1.96 bits per heavy atom. The van der Waals surface area contributed by atoms with E-state index in [1.165, 1.54) is 18.1 Å². The Hall–Kier alpha value is -2.65. The lowest BCUT2D eigenvalue weighted by molar-refractivity contribution is -0.115. The van der Waals surface area contributed by atoms with E-state index in [1.54, 1.807) is 12.1 Å². The Morgan fingerprint density at radius 1 is 1.18 bits per heavy atom. The number of halogens is 1. The van der Waals surface area contributed by atoms with Crippen molar-refractivity contribution in [2.45, 2.75) is 17.8 Å². The molecule has 0 saturated heterocycles. The number of thioether (sulfide) groups is 1. The molecule has 1 heterocycles. The second-order valence-electron chi connectivity index (χ2n) is 5.97. The van der Waals surface area contributed by atoms with Crippen LogP contribution in [0.1, 0.15) is 21.5 Å². The summed E-state index contributed by atoms with van der Waals surface area (Å²) >= 11 is 4.91. The summed E-state index contributed by atoms with van der Waals surface area (Å²) in [5, 5.41) is 12.8. The molecule has 1 aromatic heterocycles. The summed E-state index contributed by atoms with van der Waals surface area (Å²) in [6, 6.07) is 12.8. The standard InChI is InChI=1S/C19H18BrN5O2S/c1-12-8-15(20)6-7-16(12)24-17(26)9-21-18(27)14-4-2-13(3-5-14)10-28-19-22-11-23-25-19/h2-8,11H,9-10H2,1H3,(H,21,27)(H,24,26)(H,22,23,25). The number of carbonyl (C=O) groups is 2. The van der Waals surface area contributed by atoms with Gasteiger partial charge in [-0.2, -0.15) is 5.10 Å². The third kappa shape index (κ3) is 5.67. The predicted octanol–water partition coefficient (Wildman–Crippen LogP) is 3.54. The normalized spacial score (nSPS) is 10.5. The maximum atomic E-state index is 12.2. The maximum Gasteiger partial charge on any atom is 0.251 e. The van der Waals surface area contributed by atoms with Gasteiger partial charge in [-0.25, -0.2) is 4.98 Å². The van der Waals surface area contributed by atoms with Gasteiger partial charge in [0.15, 0.2) is 5.16 Å². The minimum Gasteiger partial charge on any atom is -0.343 e. The molecular weight excluding hydrogens is 442 g/mol. The van der Waals surface area contributed by atoms with Crippen LogP contribution in [0.3, 0.4) is 0 Å². The molecule has 0 unspecified atom stereocenters. The van der Waals surface area contributed by atoms with Gasteiger partial charge in [0.05, 0.1) is 6.54 Å². The predicted molar refractivity (Wildman–Crippen MR) is 112 cm³/mol. The van der Waals surface area contributed by atoms with Crippen LogP contribution < -0.4 is 10.6 Å². The highest BCUT2D eigenvalue weighted by Gasteiger charge is 2.10. The number of H-pyrrole nitrogens is 1. The number of nitrogens with zero attached hydrogens (tertiary/aromatic N) is 2. The monoisotopic (exact) mass is 459 g/mol. The first-order valence-electron chi connectivity index (χ1n) is 8.42. The van der Waals surface area contributed by atoms with Crippen molar-refractivity contribution in [3.8, 4) is 0 Å². The summed E-state index contributed by atoms with van der Waals surface area (Å²) in [7, 11) is 0. The summed E-state index contributed by atoms with van der Waals surface area (Å²) < 4.78 is 0.943. The fourth-order valence-corrected chi connectivity index (χ4v) is 3.60. The van der Waals surface area contributed by atoms with Crippen molar-refractivity contribution in [1.82, 2.24) is 20.5 Å². The molecule has 0 bridgehead atoms. The number of aromatic nitrogens is 3. The molecule has 144 valence electrons. The number of rotatable bonds is 7. The summed E-state index contributed by atoms with van der Waals surface area (Å²) in [6.07, 6.45) is 1.46. The fraction of sp³-hybridized carbons (Fsp3) is 0.158. The van der Waals surface area contributed by atoms with Gasteiger partial charge in [-0.3, -0.25) is 14.7 Å². The number of amides is 2. The van der Waals surface area contributed by atoms with Gasteiger partial charge < -0.3 is 10.6 Å². The van der Waals surface area contributed by atoms with Gasteiger partial charge in [0.2, 0.25) is 5.91 Å². The topological polar surface area (TPSA) is 99.8 Å². The number of carbonyl (C=O) groups excluding carboxylic acids is 2. The highest BCUT2D eigenvalue weighted by atomic mass is 79.9. The highest BCUT2D eigenvalue weighted by Crippen LogP contribution is 2.20. The molecule has 0 fully saturated rings. The van der Waals surface area contributed by atoms with Crippen molar-refractivity contribution < 1.29 is 9.59 Å². The lowest BCUT2D eigenvalue weighted by Gasteiger charge is -2.10.